The Morgan fingerprint density at radius 2 is 2.27 bits per heavy atom. The quantitative estimate of drug-likeness (QED) is 0.740. The maximum atomic E-state index is 5.54. The third-order valence-corrected chi connectivity index (χ3v) is 3.95. The van der Waals surface area contributed by atoms with Crippen LogP contribution in [0, 0.1) is 0 Å². The average Bonchev–Trinajstić information content (AvgIpc) is 2.20. The molecule has 0 amide bonds. The summed E-state index contributed by atoms with van der Waals surface area (Å²) in [7, 11) is 4.25. The first kappa shape index (κ1) is 13.3. The molecule has 0 saturated carbocycles. The lowest BCUT2D eigenvalue weighted by molar-refractivity contribution is 0.0837. The van der Waals surface area contributed by atoms with E-state index in [9.17, 15) is 0 Å². The van der Waals surface area contributed by atoms with E-state index in [1.807, 2.05) is 11.8 Å². The summed E-state index contributed by atoms with van der Waals surface area (Å²) in [5.74, 6) is 1.20. The number of rotatable bonds is 6. The zero-order valence-electron chi connectivity index (χ0n) is 10.2. The highest BCUT2D eigenvalue weighted by atomic mass is 32.2. The fourth-order valence-electron chi connectivity index (χ4n) is 1.76. The lowest BCUT2D eigenvalue weighted by Gasteiger charge is -2.31. The Kier molecular flexibility index (Phi) is 6.64. The standard InChI is InChI=1S/C11H24N2OS/c1-4-12-10-5-7-14-9-11(10)15-8-6-13(2)3/h10-12H,4-9H2,1-3H3. The van der Waals surface area contributed by atoms with Crippen LogP contribution in [0.2, 0.25) is 0 Å². The Morgan fingerprint density at radius 3 is 2.93 bits per heavy atom. The van der Waals surface area contributed by atoms with Crippen LogP contribution in [-0.4, -0.2) is 62.3 Å². The van der Waals surface area contributed by atoms with E-state index in [-0.39, 0.29) is 0 Å². The van der Waals surface area contributed by atoms with Crippen LogP contribution in [0.25, 0.3) is 0 Å². The van der Waals surface area contributed by atoms with Crippen molar-refractivity contribution in [1.82, 2.24) is 10.2 Å². The molecule has 0 aromatic heterocycles. The van der Waals surface area contributed by atoms with Gasteiger partial charge in [-0.1, -0.05) is 6.92 Å². The molecule has 0 spiro atoms. The van der Waals surface area contributed by atoms with Gasteiger partial charge in [-0.25, -0.2) is 0 Å². The molecule has 2 atom stereocenters. The summed E-state index contributed by atoms with van der Waals surface area (Å²) >= 11 is 2.04. The van der Waals surface area contributed by atoms with Crippen LogP contribution < -0.4 is 5.32 Å². The van der Waals surface area contributed by atoms with Gasteiger partial charge in [-0.05, 0) is 27.1 Å². The lowest BCUT2D eigenvalue weighted by atomic mass is 10.1. The van der Waals surface area contributed by atoms with Gasteiger partial charge in [0.2, 0.25) is 0 Å². The summed E-state index contributed by atoms with van der Waals surface area (Å²) in [5.41, 5.74) is 0. The van der Waals surface area contributed by atoms with Gasteiger partial charge in [0.05, 0.1) is 6.61 Å². The molecule has 3 nitrogen and oxygen atoms in total. The molecule has 1 saturated heterocycles. The molecular weight excluding hydrogens is 208 g/mol. The molecule has 90 valence electrons. The van der Waals surface area contributed by atoms with Gasteiger partial charge in [0, 0.05) is 30.2 Å². The molecule has 0 bridgehead atoms. The van der Waals surface area contributed by atoms with Gasteiger partial charge in [0.25, 0.3) is 0 Å². The van der Waals surface area contributed by atoms with Crippen LogP contribution in [0.3, 0.4) is 0 Å². The van der Waals surface area contributed by atoms with E-state index < -0.39 is 0 Å². The molecule has 15 heavy (non-hydrogen) atoms. The monoisotopic (exact) mass is 232 g/mol. The summed E-state index contributed by atoms with van der Waals surface area (Å²) < 4.78 is 5.54. The first-order valence-electron chi connectivity index (χ1n) is 5.81. The molecule has 0 radical (unpaired) electrons. The zero-order chi connectivity index (χ0) is 11.1. The Bertz CT molecular complexity index is 165. The van der Waals surface area contributed by atoms with Crippen LogP contribution in [0.1, 0.15) is 13.3 Å². The lowest BCUT2D eigenvalue weighted by Crippen LogP contribution is -2.45. The normalized spacial score (nSPS) is 27.2. The first-order chi connectivity index (χ1) is 7.24. The Hall–Kier alpha value is 0.230. The van der Waals surface area contributed by atoms with Crippen LogP contribution in [0.5, 0.6) is 0 Å². The molecule has 1 aliphatic rings. The van der Waals surface area contributed by atoms with Crippen LogP contribution in [0.15, 0.2) is 0 Å². The Morgan fingerprint density at radius 1 is 1.47 bits per heavy atom. The maximum Gasteiger partial charge on any atom is 0.0600 e. The number of hydrogen-bond donors (Lipinski definition) is 1. The number of thioether (sulfide) groups is 1. The fraction of sp³-hybridized carbons (Fsp3) is 1.00. The summed E-state index contributed by atoms with van der Waals surface area (Å²) in [5, 5.41) is 4.20. The minimum Gasteiger partial charge on any atom is -0.380 e. The maximum absolute atomic E-state index is 5.54. The van der Waals surface area contributed by atoms with E-state index in [2.05, 4.69) is 31.2 Å². The van der Waals surface area contributed by atoms with Crippen molar-refractivity contribution in [2.75, 3.05) is 46.2 Å². The van der Waals surface area contributed by atoms with E-state index >= 15 is 0 Å². The molecule has 0 aromatic rings. The third kappa shape index (κ3) is 5.20. The minimum absolute atomic E-state index is 0.638. The van der Waals surface area contributed by atoms with E-state index in [4.69, 9.17) is 4.74 Å². The number of nitrogens with zero attached hydrogens (tertiary/aromatic N) is 1. The van der Waals surface area contributed by atoms with Crippen molar-refractivity contribution >= 4 is 11.8 Å². The highest BCUT2D eigenvalue weighted by molar-refractivity contribution is 8.00. The van der Waals surface area contributed by atoms with Crippen molar-refractivity contribution < 1.29 is 4.74 Å². The predicted molar refractivity (Wildman–Crippen MR) is 67.7 cm³/mol. The van der Waals surface area contributed by atoms with E-state index in [1.165, 1.54) is 5.75 Å². The van der Waals surface area contributed by atoms with Crippen molar-refractivity contribution in [3.63, 3.8) is 0 Å². The predicted octanol–water partition coefficient (Wildman–Crippen LogP) is 1.05. The number of ether oxygens (including phenoxy) is 1. The zero-order valence-corrected chi connectivity index (χ0v) is 11.0. The fourth-order valence-corrected chi connectivity index (χ4v) is 3.19. The minimum atomic E-state index is 0.638. The van der Waals surface area contributed by atoms with Gasteiger partial charge in [0.15, 0.2) is 0 Å². The first-order valence-corrected chi connectivity index (χ1v) is 6.86. The highest BCUT2D eigenvalue weighted by Crippen LogP contribution is 2.21. The van der Waals surface area contributed by atoms with Crippen LogP contribution >= 0.6 is 11.8 Å². The summed E-state index contributed by atoms with van der Waals surface area (Å²) in [6.45, 7) is 6.23. The average molecular weight is 232 g/mol. The Balaban J connectivity index is 2.23. The van der Waals surface area contributed by atoms with Gasteiger partial charge in [-0.2, -0.15) is 11.8 Å². The summed E-state index contributed by atoms with van der Waals surface area (Å²) in [6, 6.07) is 0.649. The second kappa shape index (κ2) is 7.49. The Labute approximate surface area is 97.9 Å². The molecule has 0 aromatic carbocycles. The molecule has 1 rings (SSSR count). The topological polar surface area (TPSA) is 24.5 Å². The van der Waals surface area contributed by atoms with E-state index in [1.54, 1.807) is 0 Å². The molecule has 1 heterocycles. The molecule has 1 fully saturated rings. The van der Waals surface area contributed by atoms with Crippen molar-refractivity contribution in [3.05, 3.63) is 0 Å². The second-order valence-electron chi connectivity index (χ2n) is 4.24. The number of hydrogen-bond acceptors (Lipinski definition) is 4. The molecule has 0 aliphatic carbocycles. The molecule has 1 N–H and O–H groups in total. The molecule has 1 aliphatic heterocycles. The van der Waals surface area contributed by atoms with Crippen molar-refractivity contribution in [2.45, 2.75) is 24.6 Å². The van der Waals surface area contributed by atoms with E-state index in [0.717, 1.165) is 32.7 Å². The second-order valence-corrected chi connectivity index (χ2v) is 5.59. The molecular formula is C11H24N2OS. The molecule has 4 heteroatoms. The van der Waals surface area contributed by atoms with Crippen molar-refractivity contribution in [2.24, 2.45) is 0 Å². The van der Waals surface area contributed by atoms with Gasteiger partial charge in [-0.15, -0.1) is 0 Å². The third-order valence-electron chi connectivity index (χ3n) is 2.64. The smallest absolute Gasteiger partial charge is 0.0600 e. The van der Waals surface area contributed by atoms with Crippen LogP contribution in [-0.2, 0) is 4.74 Å². The van der Waals surface area contributed by atoms with Crippen molar-refractivity contribution in [3.8, 4) is 0 Å². The summed E-state index contributed by atoms with van der Waals surface area (Å²) in [4.78, 5) is 2.24. The molecule has 2 unspecified atom stereocenters. The van der Waals surface area contributed by atoms with Crippen molar-refractivity contribution in [1.29, 1.82) is 0 Å². The van der Waals surface area contributed by atoms with Gasteiger partial charge < -0.3 is 15.0 Å². The van der Waals surface area contributed by atoms with Gasteiger partial charge >= 0.3 is 0 Å². The number of nitrogens with one attached hydrogen (secondary N) is 1. The highest BCUT2D eigenvalue weighted by Gasteiger charge is 2.24. The van der Waals surface area contributed by atoms with E-state index in [0.29, 0.717) is 11.3 Å². The summed E-state index contributed by atoms with van der Waals surface area (Å²) in [6.07, 6.45) is 1.16. The van der Waals surface area contributed by atoms with Gasteiger partial charge in [0.1, 0.15) is 0 Å². The largest absolute Gasteiger partial charge is 0.380 e. The van der Waals surface area contributed by atoms with Crippen LogP contribution in [0.4, 0.5) is 0 Å². The van der Waals surface area contributed by atoms with Gasteiger partial charge in [-0.3, -0.25) is 0 Å². The SMILES string of the molecule is CCNC1CCOCC1SCCN(C)C.